The molecule has 1 aromatic rings. The number of likely N-dealkylation sites (N-methyl/N-ethyl adjacent to an activating group) is 1. The third-order valence-electron chi connectivity index (χ3n) is 5.56. The van der Waals surface area contributed by atoms with Crippen molar-refractivity contribution in [2.45, 2.75) is 31.9 Å². The fourth-order valence-corrected chi connectivity index (χ4v) is 3.67. The van der Waals surface area contributed by atoms with E-state index >= 15 is 0 Å². The lowest BCUT2D eigenvalue weighted by Crippen LogP contribution is -2.55. The molecule has 1 unspecified atom stereocenters. The highest BCUT2D eigenvalue weighted by atomic mass is 16.5. The van der Waals surface area contributed by atoms with Crippen LogP contribution in [0.3, 0.4) is 0 Å². The van der Waals surface area contributed by atoms with E-state index in [0.29, 0.717) is 0 Å². The summed E-state index contributed by atoms with van der Waals surface area (Å²) in [5.74, 6) is 1.95. The Hall–Kier alpha value is -1.79. The van der Waals surface area contributed by atoms with Gasteiger partial charge in [-0.2, -0.15) is 0 Å². The van der Waals surface area contributed by atoms with Gasteiger partial charge >= 0.3 is 0 Å². The Bertz CT molecular complexity index is 576. The van der Waals surface area contributed by atoms with Crippen molar-refractivity contribution in [1.82, 2.24) is 14.7 Å². The number of piperidine rings is 1. The monoisotopic (exact) mass is 361 g/mol. The van der Waals surface area contributed by atoms with Gasteiger partial charge in [-0.1, -0.05) is 0 Å². The van der Waals surface area contributed by atoms with Crippen molar-refractivity contribution in [3.8, 4) is 11.5 Å². The Kier molecular flexibility index (Phi) is 6.38. The summed E-state index contributed by atoms with van der Waals surface area (Å²) in [6.07, 6.45) is 1.94. The third-order valence-corrected chi connectivity index (χ3v) is 5.56. The molecule has 0 spiro atoms. The van der Waals surface area contributed by atoms with Gasteiger partial charge in [0.15, 0.2) is 0 Å². The maximum absolute atomic E-state index is 12.8. The molecule has 6 nitrogen and oxygen atoms in total. The van der Waals surface area contributed by atoms with Crippen molar-refractivity contribution in [1.29, 1.82) is 0 Å². The van der Waals surface area contributed by atoms with Crippen LogP contribution in [0.1, 0.15) is 19.8 Å². The van der Waals surface area contributed by atoms with Crippen LogP contribution in [0.4, 0.5) is 0 Å². The number of amides is 1. The number of methoxy groups -OCH3 is 1. The van der Waals surface area contributed by atoms with Gasteiger partial charge < -0.3 is 19.3 Å². The molecule has 0 saturated carbocycles. The lowest BCUT2D eigenvalue weighted by molar-refractivity contribution is -0.138. The van der Waals surface area contributed by atoms with Crippen molar-refractivity contribution in [2.24, 2.45) is 0 Å². The molecule has 1 amide bonds. The van der Waals surface area contributed by atoms with E-state index in [2.05, 4.69) is 16.8 Å². The first-order valence-electron chi connectivity index (χ1n) is 9.59. The molecule has 0 N–H and O–H groups in total. The number of nitrogens with zero attached hydrogens (tertiary/aromatic N) is 3. The second-order valence-electron chi connectivity index (χ2n) is 7.33. The minimum absolute atomic E-state index is 0.0252. The summed E-state index contributed by atoms with van der Waals surface area (Å²) in [6.45, 7) is 7.62. The summed E-state index contributed by atoms with van der Waals surface area (Å²) in [5.41, 5.74) is 0. The first-order valence-corrected chi connectivity index (χ1v) is 9.59. The largest absolute Gasteiger partial charge is 0.497 e. The number of hydrogen-bond acceptors (Lipinski definition) is 5. The lowest BCUT2D eigenvalue weighted by atomic mass is 10.1. The lowest BCUT2D eigenvalue weighted by Gasteiger charge is -2.39. The first-order chi connectivity index (χ1) is 12.6. The zero-order chi connectivity index (χ0) is 18.5. The van der Waals surface area contributed by atoms with Gasteiger partial charge in [-0.05, 0) is 38.2 Å². The zero-order valence-electron chi connectivity index (χ0n) is 16.2. The molecular weight excluding hydrogens is 330 g/mol. The van der Waals surface area contributed by atoms with Crippen LogP contribution in [0.5, 0.6) is 11.5 Å². The maximum Gasteiger partial charge on any atom is 0.239 e. The zero-order valence-corrected chi connectivity index (χ0v) is 16.2. The molecule has 1 atom stereocenters. The molecule has 2 heterocycles. The molecule has 2 saturated heterocycles. The summed E-state index contributed by atoms with van der Waals surface area (Å²) >= 11 is 0. The molecule has 144 valence electrons. The highest BCUT2D eigenvalue weighted by Gasteiger charge is 2.30. The molecule has 2 aliphatic heterocycles. The summed E-state index contributed by atoms with van der Waals surface area (Å²) in [6, 6.07) is 7.66. The number of rotatable bonds is 5. The molecule has 0 aliphatic carbocycles. The normalized spacial score (nSPS) is 21.4. The highest BCUT2D eigenvalue weighted by Crippen LogP contribution is 2.22. The Morgan fingerprint density at radius 3 is 2.15 bits per heavy atom. The first kappa shape index (κ1) is 19.0. The van der Waals surface area contributed by atoms with Crippen LogP contribution in [-0.4, -0.2) is 86.2 Å². The van der Waals surface area contributed by atoms with Gasteiger partial charge in [-0.3, -0.25) is 9.69 Å². The van der Waals surface area contributed by atoms with Gasteiger partial charge in [0.05, 0.1) is 13.2 Å². The molecule has 0 bridgehead atoms. The Labute approximate surface area is 156 Å². The van der Waals surface area contributed by atoms with E-state index in [1.54, 1.807) is 7.11 Å². The molecule has 2 aliphatic rings. The number of carbonyl (C=O) groups excluding carboxylic acids is 1. The highest BCUT2D eigenvalue weighted by molar-refractivity contribution is 5.81. The Morgan fingerprint density at radius 2 is 1.58 bits per heavy atom. The van der Waals surface area contributed by atoms with Crippen LogP contribution < -0.4 is 9.47 Å². The Morgan fingerprint density at radius 1 is 1.00 bits per heavy atom. The number of benzene rings is 1. The van der Waals surface area contributed by atoms with Gasteiger partial charge in [0.1, 0.15) is 17.6 Å². The van der Waals surface area contributed by atoms with Crippen molar-refractivity contribution in [3.63, 3.8) is 0 Å². The van der Waals surface area contributed by atoms with Crippen molar-refractivity contribution < 1.29 is 14.3 Å². The minimum Gasteiger partial charge on any atom is -0.497 e. The second-order valence-corrected chi connectivity index (χ2v) is 7.33. The van der Waals surface area contributed by atoms with Crippen LogP contribution in [0.2, 0.25) is 0 Å². The molecule has 6 heteroatoms. The van der Waals surface area contributed by atoms with E-state index in [-0.39, 0.29) is 18.1 Å². The smallest absolute Gasteiger partial charge is 0.239 e. The van der Waals surface area contributed by atoms with E-state index in [0.717, 1.165) is 63.6 Å². The van der Waals surface area contributed by atoms with Crippen LogP contribution in [0.25, 0.3) is 0 Å². The van der Waals surface area contributed by atoms with E-state index in [9.17, 15) is 4.79 Å². The van der Waals surface area contributed by atoms with Crippen molar-refractivity contribution >= 4 is 5.91 Å². The second kappa shape index (κ2) is 8.73. The molecule has 0 aromatic heterocycles. The number of likely N-dealkylation sites (tertiary alicyclic amines) is 1. The number of piperazine rings is 1. The van der Waals surface area contributed by atoms with Crippen LogP contribution >= 0.6 is 0 Å². The fraction of sp³-hybridized carbons (Fsp3) is 0.650. The van der Waals surface area contributed by atoms with Gasteiger partial charge in [0.2, 0.25) is 5.91 Å². The van der Waals surface area contributed by atoms with Crippen LogP contribution in [-0.2, 0) is 4.79 Å². The van der Waals surface area contributed by atoms with Crippen LogP contribution in [0.15, 0.2) is 24.3 Å². The molecular formula is C20H31N3O3. The summed E-state index contributed by atoms with van der Waals surface area (Å²) < 4.78 is 11.2. The molecule has 1 aromatic carbocycles. The molecule has 2 fully saturated rings. The summed E-state index contributed by atoms with van der Waals surface area (Å²) in [7, 11) is 3.79. The topological polar surface area (TPSA) is 45.3 Å². The number of ether oxygens (including phenoxy) is 2. The standard InChI is InChI=1S/C20H31N3O3/c1-16(22-14-12-21(2)13-15-22)20(24)23-10-8-19(9-11-23)26-18-6-4-17(25-3)5-7-18/h4-7,16,19H,8-15H2,1-3H3. The van der Waals surface area contributed by atoms with Crippen LogP contribution in [0, 0.1) is 0 Å². The number of carbonyl (C=O) groups is 1. The third kappa shape index (κ3) is 4.68. The van der Waals surface area contributed by atoms with E-state index < -0.39 is 0 Å². The maximum atomic E-state index is 12.8. The molecule has 26 heavy (non-hydrogen) atoms. The fourth-order valence-electron chi connectivity index (χ4n) is 3.67. The predicted molar refractivity (Wildman–Crippen MR) is 102 cm³/mol. The molecule has 3 rings (SSSR count). The summed E-state index contributed by atoms with van der Waals surface area (Å²) in [5, 5.41) is 0. The Balaban J connectivity index is 1.45. The van der Waals surface area contributed by atoms with Gasteiger partial charge in [0.25, 0.3) is 0 Å². The average Bonchev–Trinajstić information content (AvgIpc) is 2.69. The van der Waals surface area contributed by atoms with Gasteiger partial charge in [-0.25, -0.2) is 0 Å². The van der Waals surface area contributed by atoms with E-state index in [1.807, 2.05) is 36.1 Å². The van der Waals surface area contributed by atoms with E-state index in [1.165, 1.54) is 0 Å². The quantitative estimate of drug-likeness (QED) is 0.799. The predicted octanol–water partition coefficient (Wildman–Crippen LogP) is 1.70. The minimum atomic E-state index is -0.0252. The van der Waals surface area contributed by atoms with Gasteiger partial charge in [0, 0.05) is 52.1 Å². The summed E-state index contributed by atoms with van der Waals surface area (Å²) in [4.78, 5) is 19.5. The van der Waals surface area contributed by atoms with Crippen molar-refractivity contribution in [2.75, 3.05) is 53.4 Å². The average molecular weight is 361 g/mol. The van der Waals surface area contributed by atoms with E-state index in [4.69, 9.17) is 9.47 Å². The molecule has 0 radical (unpaired) electrons. The van der Waals surface area contributed by atoms with Gasteiger partial charge in [-0.15, -0.1) is 0 Å². The number of hydrogen-bond donors (Lipinski definition) is 0. The SMILES string of the molecule is COc1ccc(OC2CCN(C(=O)C(C)N3CCN(C)CC3)CC2)cc1. The van der Waals surface area contributed by atoms with Crippen molar-refractivity contribution in [3.05, 3.63) is 24.3 Å².